The average Bonchev–Trinajstić information content (AvgIpc) is 2.89. The summed E-state index contributed by atoms with van der Waals surface area (Å²) in [5.74, 6) is 0.300. The minimum Gasteiger partial charge on any atom is -0.330 e. The largest absolute Gasteiger partial charge is 0.330 e. The highest BCUT2D eigenvalue weighted by atomic mass is 32.2. The first-order valence-corrected chi connectivity index (χ1v) is 8.31. The summed E-state index contributed by atoms with van der Waals surface area (Å²) >= 11 is 0. The summed E-state index contributed by atoms with van der Waals surface area (Å²) in [7, 11) is -3.34. The molecule has 2 N–H and O–H groups in total. The summed E-state index contributed by atoms with van der Waals surface area (Å²) in [4.78, 5) is 0.394. The molecular formula is C14H22N2O2S. The first kappa shape index (κ1) is 14.5. The van der Waals surface area contributed by atoms with Crippen molar-refractivity contribution in [3.05, 3.63) is 29.8 Å². The highest BCUT2D eigenvalue weighted by Crippen LogP contribution is 2.24. The maximum atomic E-state index is 12.5. The number of benzene rings is 1. The van der Waals surface area contributed by atoms with Gasteiger partial charge in [-0.2, -0.15) is 4.31 Å². The summed E-state index contributed by atoms with van der Waals surface area (Å²) in [6.07, 6.45) is 2.92. The van der Waals surface area contributed by atoms with E-state index in [4.69, 9.17) is 5.73 Å². The predicted molar refractivity (Wildman–Crippen MR) is 76.4 cm³/mol. The second-order valence-electron chi connectivity index (χ2n) is 5.15. The van der Waals surface area contributed by atoms with Gasteiger partial charge in [0.2, 0.25) is 10.0 Å². The van der Waals surface area contributed by atoms with E-state index in [1.807, 2.05) is 12.1 Å². The molecule has 0 saturated carbocycles. The molecule has 1 fully saturated rings. The average molecular weight is 282 g/mol. The zero-order valence-corrected chi connectivity index (χ0v) is 12.2. The molecule has 4 nitrogen and oxygen atoms in total. The van der Waals surface area contributed by atoms with E-state index in [1.165, 1.54) is 5.56 Å². The van der Waals surface area contributed by atoms with Crippen molar-refractivity contribution in [3.63, 3.8) is 0 Å². The number of sulfonamides is 1. The molecule has 0 aliphatic carbocycles. The number of hydrogen-bond donors (Lipinski definition) is 1. The molecule has 0 spiro atoms. The maximum absolute atomic E-state index is 12.5. The Morgan fingerprint density at radius 3 is 2.53 bits per heavy atom. The molecule has 1 atom stereocenters. The number of aryl methyl sites for hydroxylation is 1. The number of rotatable bonds is 5. The third-order valence-electron chi connectivity index (χ3n) is 3.68. The van der Waals surface area contributed by atoms with Crippen LogP contribution < -0.4 is 5.73 Å². The quantitative estimate of drug-likeness (QED) is 0.892. The van der Waals surface area contributed by atoms with Gasteiger partial charge in [0, 0.05) is 13.1 Å². The second kappa shape index (κ2) is 6.03. The Bertz CT molecular complexity index is 511. The number of nitrogens with zero attached hydrogens (tertiary/aromatic N) is 1. The summed E-state index contributed by atoms with van der Waals surface area (Å²) in [5, 5.41) is 0. The molecule has 1 aromatic rings. The smallest absolute Gasteiger partial charge is 0.243 e. The van der Waals surface area contributed by atoms with Crippen molar-refractivity contribution in [1.29, 1.82) is 0 Å². The Hall–Kier alpha value is -0.910. The van der Waals surface area contributed by atoms with Crippen LogP contribution in [-0.2, 0) is 16.4 Å². The molecular weight excluding hydrogens is 260 g/mol. The summed E-state index contributed by atoms with van der Waals surface area (Å²) in [5.41, 5.74) is 6.79. The normalized spacial score (nSPS) is 20.8. The summed E-state index contributed by atoms with van der Waals surface area (Å²) in [6, 6.07) is 7.26. The zero-order chi connectivity index (χ0) is 13.9. The Balaban J connectivity index is 2.15. The minimum atomic E-state index is -3.34. The van der Waals surface area contributed by atoms with E-state index in [0.717, 1.165) is 19.3 Å². The van der Waals surface area contributed by atoms with Crippen molar-refractivity contribution in [1.82, 2.24) is 4.31 Å². The molecule has 1 aliphatic rings. The minimum absolute atomic E-state index is 0.300. The Morgan fingerprint density at radius 1 is 1.32 bits per heavy atom. The SMILES string of the molecule is CCCc1ccc(S(=O)(=O)N2CCC(CN)C2)cc1. The van der Waals surface area contributed by atoms with E-state index in [0.29, 0.717) is 30.4 Å². The summed E-state index contributed by atoms with van der Waals surface area (Å²) < 4.78 is 26.5. The van der Waals surface area contributed by atoms with Gasteiger partial charge in [0.25, 0.3) is 0 Å². The van der Waals surface area contributed by atoms with E-state index in [2.05, 4.69) is 6.92 Å². The molecule has 1 heterocycles. The zero-order valence-electron chi connectivity index (χ0n) is 11.4. The monoisotopic (exact) mass is 282 g/mol. The van der Waals surface area contributed by atoms with Crippen LogP contribution in [0.15, 0.2) is 29.2 Å². The van der Waals surface area contributed by atoms with Gasteiger partial charge in [-0.15, -0.1) is 0 Å². The topological polar surface area (TPSA) is 63.4 Å². The third kappa shape index (κ3) is 3.16. The van der Waals surface area contributed by atoms with Crippen LogP contribution in [0.25, 0.3) is 0 Å². The van der Waals surface area contributed by atoms with Gasteiger partial charge < -0.3 is 5.73 Å². The third-order valence-corrected chi connectivity index (χ3v) is 5.56. The molecule has 0 aromatic heterocycles. The van der Waals surface area contributed by atoms with Gasteiger partial charge >= 0.3 is 0 Å². The predicted octanol–water partition coefficient (Wildman–Crippen LogP) is 1.61. The van der Waals surface area contributed by atoms with Crippen molar-refractivity contribution in [2.45, 2.75) is 31.1 Å². The standard InChI is InChI=1S/C14H22N2O2S/c1-2-3-12-4-6-14(7-5-12)19(17,18)16-9-8-13(10-15)11-16/h4-7,13H,2-3,8-11,15H2,1H3. The van der Waals surface area contributed by atoms with Crippen LogP contribution in [0.1, 0.15) is 25.3 Å². The van der Waals surface area contributed by atoms with Crippen LogP contribution in [0.4, 0.5) is 0 Å². The van der Waals surface area contributed by atoms with Gasteiger partial charge in [-0.25, -0.2) is 8.42 Å². The van der Waals surface area contributed by atoms with E-state index in [-0.39, 0.29) is 0 Å². The van der Waals surface area contributed by atoms with Crippen molar-refractivity contribution in [3.8, 4) is 0 Å². The summed E-state index contributed by atoms with van der Waals surface area (Å²) in [6.45, 7) is 3.81. The highest BCUT2D eigenvalue weighted by molar-refractivity contribution is 7.89. The Labute approximate surface area is 115 Å². The molecule has 0 amide bonds. The van der Waals surface area contributed by atoms with E-state index in [9.17, 15) is 8.42 Å². The van der Waals surface area contributed by atoms with E-state index < -0.39 is 10.0 Å². The molecule has 1 aliphatic heterocycles. The van der Waals surface area contributed by atoms with Crippen LogP contribution in [0.3, 0.4) is 0 Å². The molecule has 1 aromatic carbocycles. The van der Waals surface area contributed by atoms with Crippen LogP contribution in [0.2, 0.25) is 0 Å². The fraction of sp³-hybridized carbons (Fsp3) is 0.571. The molecule has 0 bridgehead atoms. The molecule has 1 saturated heterocycles. The van der Waals surface area contributed by atoms with Gasteiger partial charge in [0.1, 0.15) is 0 Å². The molecule has 5 heteroatoms. The fourth-order valence-corrected chi connectivity index (χ4v) is 4.00. The van der Waals surface area contributed by atoms with Gasteiger partial charge in [-0.1, -0.05) is 25.5 Å². The molecule has 19 heavy (non-hydrogen) atoms. The Kier molecular flexibility index (Phi) is 4.60. The molecule has 0 radical (unpaired) electrons. The lowest BCUT2D eigenvalue weighted by Crippen LogP contribution is -2.30. The van der Waals surface area contributed by atoms with Gasteiger partial charge in [0.05, 0.1) is 4.90 Å². The molecule has 106 valence electrons. The van der Waals surface area contributed by atoms with Gasteiger partial charge in [-0.3, -0.25) is 0 Å². The highest BCUT2D eigenvalue weighted by Gasteiger charge is 2.31. The lowest BCUT2D eigenvalue weighted by molar-refractivity contribution is 0.459. The fourth-order valence-electron chi connectivity index (χ4n) is 2.47. The Morgan fingerprint density at radius 2 is 2.00 bits per heavy atom. The van der Waals surface area contributed by atoms with Crippen LogP contribution in [0.5, 0.6) is 0 Å². The molecule has 2 rings (SSSR count). The van der Waals surface area contributed by atoms with E-state index in [1.54, 1.807) is 16.4 Å². The first-order chi connectivity index (χ1) is 9.07. The van der Waals surface area contributed by atoms with Crippen LogP contribution >= 0.6 is 0 Å². The van der Waals surface area contributed by atoms with Crippen LogP contribution in [-0.4, -0.2) is 32.4 Å². The van der Waals surface area contributed by atoms with Gasteiger partial charge in [0.15, 0.2) is 0 Å². The van der Waals surface area contributed by atoms with Crippen molar-refractivity contribution in [2.75, 3.05) is 19.6 Å². The lowest BCUT2D eigenvalue weighted by atomic mass is 10.1. The van der Waals surface area contributed by atoms with Crippen molar-refractivity contribution < 1.29 is 8.42 Å². The maximum Gasteiger partial charge on any atom is 0.243 e. The van der Waals surface area contributed by atoms with Crippen molar-refractivity contribution >= 4 is 10.0 Å². The van der Waals surface area contributed by atoms with E-state index >= 15 is 0 Å². The van der Waals surface area contributed by atoms with Gasteiger partial charge in [-0.05, 0) is 43.0 Å². The van der Waals surface area contributed by atoms with Crippen molar-refractivity contribution in [2.24, 2.45) is 11.7 Å². The molecule has 1 unspecified atom stereocenters. The lowest BCUT2D eigenvalue weighted by Gasteiger charge is -2.16. The first-order valence-electron chi connectivity index (χ1n) is 6.87. The second-order valence-corrected chi connectivity index (χ2v) is 7.09. The van der Waals surface area contributed by atoms with Crippen LogP contribution in [0, 0.1) is 5.92 Å². The number of nitrogens with two attached hydrogens (primary N) is 1. The number of hydrogen-bond acceptors (Lipinski definition) is 3.